The molecule has 0 aliphatic heterocycles. The highest BCUT2D eigenvalue weighted by Crippen LogP contribution is 2.33. The SMILES string of the molecule is CCOC(=O)C(CC)Oc1ccccc1Oc1ccc([N+](=O)[O-])cc1. The zero-order chi connectivity index (χ0) is 18.2. The molecule has 0 radical (unpaired) electrons. The summed E-state index contributed by atoms with van der Waals surface area (Å²) in [5, 5.41) is 10.7. The summed E-state index contributed by atoms with van der Waals surface area (Å²) in [4.78, 5) is 22.1. The van der Waals surface area contributed by atoms with Gasteiger partial charge in [-0.2, -0.15) is 0 Å². The highest BCUT2D eigenvalue weighted by atomic mass is 16.6. The average Bonchev–Trinajstić information content (AvgIpc) is 2.61. The zero-order valence-electron chi connectivity index (χ0n) is 14.0. The molecule has 2 rings (SSSR count). The molecule has 0 aliphatic carbocycles. The third-order valence-corrected chi connectivity index (χ3v) is 3.31. The molecule has 2 aromatic rings. The molecule has 0 spiro atoms. The number of benzene rings is 2. The van der Waals surface area contributed by atoms with E-state index in [2.05, 4.69) is 0 Å². The van der Waals surface area contributed by atoms with Crippen molar-refractivity contribution in [2.75, 3.05) is 6.61 Å². The van der Waals surface area contributed by atoms with Crippen molar-refractivity contribution in [3.05, 3.63) is 58.6 Å². The summed E-state index contributed by atoms with van der Waals surface area (Å²) in [7, 11) is 0. The highest BCUT2D eigenvalue weighted by molar-refractivity contribution is 5.75. The third-order valence-electron chi connectivity index (χ3n) is 3.31. The normalized spacial score (nSPS) is 11.4. The van der Waals surface area contributed by atoms with Gasteiger partial charge in [0.1, 0.15) is 5.75 Å². The van der Waals surface area contributed by atoms with E-state index in [9.17, 15) is 14.9 Å². The molecule has 7 nitrogen and oxygen atoms in total. The lowest BCUT2D eigenvalue weighted by Crippen LogP contribution is -2.28. The molecule has 25 heavy (non-hydrogen) atoms. The van der Waals surface area contributed by atoms with Crippen molar-refractivity contribution >= 4 is 11.7 Å². The first-order chi connectivity index (χ1) is 12.0. The fraction of sp³-hybridized carbons (Fsp3) is 0.278. The number of rotatable bonds is 8. The van der Waals surface area contributed by atoms with Gasteiger partial charge in [0.15, 0.2) is 17.6 Å². The van der Waals surface area contributed by atoms with E-state index in [0.717, 1.165) is 0 Å². The van der Waals surface area contributed by atoms with E-state index in [-0.39, 0.29) is 12.3 Å². The summed E-state index contributed by atoms with van der Waals surface area (Å²) in [6.07, 6.45) is -0.286. The van der Waals surface area contributed by atoms with E-state index in [1.54, 1.807) is 31.2 Å². The Kier molecular flexibility index (Phi) is 6.33. The number of para-hydroxylation sites is 2. The van der Waals surface area contributed by atoms with Crippen molar-refractivity contribution < 1.29 is 23.9 Å². The van der Waals surface area contributed by atoms with Gasteiger partial charge in [-0.15, -0.1) is 0 Å². The fourth-order valence-corrected chi connectivity index (χ4v) is 2.08. The Morgan fingerprint density at radius 2 is 1.72 bits per heavy atom. The van der Waals surface area contributed by atoms with E-state index in [1.807, 2.05) is 6.92 Å². The van der Waals surface area contributed by atoms with Crippen LogP contribution in [0.3, 0.4) is 0 Å². The summed E-state index contributed by atoms with van der Waals surface area (Å²) >= 11 is 0. The van der Waals surface area contributed by atoms with Crippen LogP contribution in [0.15, 0.2) is 48.5 Å². The minimum atomic E-state index is -0.735. The Morgan fingerprint density at radius 1 is 1.08 bits per heavy atom. The Balaban J connectivity index is 2.16. The predicted octanol–water partition coefficient (Wildman–Crippen LogP) is 4.11. The molecular weight excluding hydrogens is 326 g/mol. The maximum Gasteiger partial charge on any atom is 0.347 e. The first-order valence-corrected chi connectivity index (χ1v) is 7.89. The lowest BCUT2D eigenvalue weighted by molar-refractivity contribution is -0.384. The van der Waals surface area contributed by atoms with Gasteiger partial charge in [0.05, 0.1) is 11.5 Å². The molecule has 1 atom stereocenters. The molecule has 0 saturated heterocycles. The summed E-state index contributed by atoms with van der Waals surface area (Å²) in [6, 6.07) is 12.6. The molecule has 0 amide bonds. The van der Waals surface area contributed by atoms with Crippen LogP contribution in [0.1, 0.15) is 20.3 Å². The molecule has 2 aromatic carbocycles. The third kappa shape index (κ3) is 4.94. The van der Waals surface area contributed by atoms with Gasteiger partial charge < -0.3 is 14.2 Å². The van der Waals surface area contributed by atoms with Crippen LogP contribution < -0.4 is 9.47 Å². The largest absolute Gasteiger partial charge is 0.475 e. The van der Waals surface area contributed by atoms with E-state index in [1.165, 1.54) is 24.3 Å². The van der Waals surface area contributed by atoms with Gasteiger partial charge in [-0.1, -0.05) is 19.1 Å². The fourth-order valence-electron chi connectivity index (χ4n) is 2.08. The van der Waals surface area contributed by atoms with Crippen molar-refractivity contribution in [3.63, 3.8) is 0 Å². The van der Waals surface area contributed by atoms with Crippen molar-refractivity contribution in [1.82, 2.24) is 0 Å². The predicted molar refractivity (Wildman–Crippen MR) is 91.0 cm³/mol. The van der Waals surface area contributed by atoms with Crippen LogP contribution in [-0.4, -0.2) is 23.6 Å². The Bertz CT molecular complexity index is 729. The zero-order valence-corrected chi connectivity index (χ0v) is 14.0. The summed E-state index contributed by atoms with van der Waals surface area (Å²) < 4.78 is 16.5. The van der Waals surface area contributed by atoms with Gasteiger partial charge in [-0.25, -0.2) is 4.79 Å². The number of carbonyl (C=O) groups excluding carboxylic acids is 1. The van der Waals surface area contributed by atoms with Gasteiger partial charge >= 0.3 is 5.97 Å². The van der Waals surface area contributed by atoms with E-state index < -0.39 is 17.0 Å². The first-order valence-electron chi connectivity index (χ1n) is 7.89. The molecule has 0 aromatic heterocycles. The van der Waals surface area contributed by atoms with Crippen molar-refractivity contribution in [2.45, 2.75) is 26.4 Å². The lowest BCUT2D eigenvalue weighted by Gasteiger charge is -2.18. The molecule has 132 valence electrons. The van der Waals surface area contributed by atoms with Crippen LogP contribution in [0, 0.1) is 10.1 Å². The minimum absolute atomic E-state index is 0.0229. The molecule has 0 heterocycles. The van der Waals surface area contributed by atoms with Crippen LogP contribution >= 0.6 is 0 Å². The highest BCUT2D eigenvalue weighted by Gasteiger charge is 2.21. The number of esters is 1. The number of non-ortho nitro benzene ring substituents is 1. The maximum absolute atomic E-state index is 11.9. The van der Waals surface area contributed by atoms with Gasteiger partial charge in [0.25, 0.3) is 5.69 Å². The summed E-state index contributed by atoms with van der Waals surface area (Å²) in [5.74, 6) is 0.779. The van der Waals surface area contributed by atoms with E-state index >= 15 is 0 Å². The molecule has 7 heteroatoms. The second-order valence-electron chi connectivity index (χ2n) is 5.07. The molecular formula is C18H19NO6. The van der Waals surface area contributed by atoms with Crippen LogP contribution in [-0.2, 0) is 9.53 Å². The number of nitro benzene ring substituents is 1. The molecule has 0 fully saturated rings. The Morgan fingerprint density at radius 3 is 2.28 bits per heavy atom. The molecule has 0 saturated carbocycles. The smallest absolute Gasteiger partial charge is 0.347 e. The second kappa shape index (κ2) is 8.68. The minimum Gasteiger partial charge on any atom is -0.475 e. The first kappa shape index (κ1) is 18.3. The van der Waals surface area contributed by atoms with Crippen molar-refractivity contribution in [2.24, 2.45) is 0 Å². The topological polar surface area (TPSA) is 87.9 Å². The maximum atomic E-state index is 11.9. The number of nitro groups is 1. The van der Waals surface area contributed by atoms with Gasteiger partial charge in [0.2, 0.25) is 0 Å². The van der Waals surface area contributed by atoms with Gasteiger partial charge in [-0.3, -0.25) is 10.1 Å². The van der Waals surface area contributed by atoms with Crippen LogP contribution in [0.2, 0.25) is 0 Å². The molecule has 0 bridgehead atoms. The van der Waals surface area contributed by atoms with E-state index in [4.69, 9.17) is 14.2 Å². The Hall–Kier alpha value is -3.09. The number of hydrogen-bond acceptors (Lipinski definition) is 6. The van der Waals surface area contributed by atoms with Crippen molar-refractivity contribution in [3.8, 4) is 17.2 Å². The standard InChI is InChI=1S/C18H19NO6/c1-3-15(18(20)23-4-2)25-17-8-6-5-7-16(17)24-14-11-9-13(10-12-14)19(21)22/h5-12,15H,3-4H2,1-2H3. The quantitative estimate of drug-likeness (QED) is 0.406. The van der Waals surface area contributed by atoms with Gasteiger partial charge in [-0.05, 0) is 37.6 Å². The Labute approximate surface area is 145 Å². The number of hydrogen-bond donors (Lipinski definition) is 0. The van der Waals surface area contributed by atoms with Crippen LogP contribution in [0.4, 0.5) is 5.69 Å². The van der Waals surface area contributed by atoms with Crippen molar-refractivity contribution in [1.29, 1.82) is 0 Å². The lowest BCUT2D eigenvalue weighted by atomic mass is 10.2. The number of ether oxygens (including phenoxy) is 3. The molecule has 1 unspecified atom stereocenters. The van der Waals surface area contributed by atoms with Gasteiger partial charge in [0, 0.05) is 12.1 Å². The number of carbonyl (C=O) groups is 1. The number of nitrogens with zero attached hydrogens (tertiary/aromatic N) is 1. The second-order valence-corrected chi connectivity index (χ2v) is 5.07. The average molecular weight is 345 g/mol. The summed E-state index contributed by atoms with van der Waals surface area (Å²) in [5.41, 5.74) is -0.0229. The molecule has 0 N–H and O–H groups in total. The van der Waals surface area contributed by atoms with E-state index in [0.29, 0.717) is 23.7 Å². The summed E-state index contributed by atoms with van der Waals surface area (Å²) in [6.45, 7) is 3.83. The van der Waals surface area contributed by atoms with Crippen LogP contribution in [0.5, 0.6) is 17.2 Å². The van der Waals surface area contributed by atoms with Crippen LogP contribution in [0.25, 0.3) is 0 Å². The molecule has 0 aliphatic rings. The monoisotopic (exact) mass is 345 g/mol.